The van der Waals surface area contributed by atoms with Gasteiger partial charge in [0.2, 0.25) is 11.7 Å². The fourth-order valence-corrected chi connectivity index (χ4v) is 3.59. The number of amides is 2. The number of imide groups is 1. The number of anilines is 1. The van der Waals surface area contributed by atoms with Gasteiger partial charge in [0.25, 0.3) is 11.8 Å². The van der Waals surface area contributed by atoms with Gasteiger partial charge in [0, 0.05) is 5.56 Å². The second kappa shape index (κ2) is 6.83. The van der Waals surface area contributed by atoms with E-state index in [1.54, 1.807) is 0 Å². The number of aromatic nitrogens is 2. The molecule has 1 fully saturated rings. The Morgan fingerprint density at radius 2 is 1.83 bits per heavy atom. The first-order chi connectivity index (χ1) is 14.5. The molecule has 2 aliphatic rings. The van der Waals surface area contributed by atoms with Crippen molar-refractivity contribution in [1.29, 1.82) is 0 Å². The fraction of sp³-hybridized carbons (Fsp3) is 0.200. The molecule has 2 atom stereocenters. The molecule has 3 heterocycles. The van der Waals surface area contributed by atoms with Crippen LogP contribution in [0.15, 0.2) is 63.4 Å². The van der Waals surface area contributed by atoms with E-state index in [0.717, 1.165) is 16.0 Å². The lowest BCUT2D eigenvalue weighted by Gasteiger charge is -2.19. The summed E-state index contributed by atoms with van der Waals surface area (Å²) in [5, 5.41) is 13.3. The third-order valence-corrected chi connectivity index (χ3v) is 5.09. The highest BCUT2D eigenvalue weighted by Gasteiger charge is 2.55. The Bertz CT molecular complexity index is 1180. The van der Waals surface area contributed by atoms with Crippen LogP contribution in [-0.4, -0.2) is 39.0 Å². The molecule has 2 aromatic carbocycles. The minimum Gasteiger partial charge on any atom is -0.337 e. The van der Waals surface area contributed by atoms with Gasteiger partial charge < -0.3 is 4.52 Å². The lowest BCUT2D eigenvalue weighted by molar-refractivity contribution is -0.123. The summed E-state index contributed by atoms with van der Waals surface area (Å²) in [5.41, 5.74) is 2.12. The highest BCUT2D eigenvalue weighted by molar-refractivity contribution is 6.25. The van der Waals surface area contributed by atoms with Crippen LogP contribution in [0.25, 0.3) is 11.4 Å². The number of halogens is 1. The van der Waals surface area contributed by atoms with E-state index in [1.165, 1.54) is 29.3 Å². The molecule has 9 nitrogen and oxygen atoms in total. The summed E-state index contributed by atoms with van der Waals surface area (Å²) < 4.78 is 18.5. The molecule has 10 heteroatoms. The van der Waals surface area contributed by atoms with Crippen LogP contribution >= 0.6 is 0 Å². The zero-order chi connectivity index (χ0) is 20.8. The maximum atomic E-state index is 13.2. The summed E-state index contributed by atoms with van der Waals surface area (Å²) in [4.78, 5) is 31.0. The zero-order valence-corrected chi connectivity index (χ0v) is 15.8. The largest absolute Gasteiger partial charge is 0.337 e. The van der Waals surface area contributed by atoms with Crippen molar-refractivity contribution in [3.63, 3.8) is 0 Å². The first-order valence-electron chi connectivity index (χ1n) is 9.22. The van der Waals surface area contributed by atoms with Crippen LogP contribution in [0.5, 0.6) is 0 Å². The summed E-state index contributed by atoms with van der Waals surface area (Å²) in [6.45, 7) is 1.97. The van der Waals surface area contributed by atoms with Crippen LogP contribution in [0.1, 0.15) is 11.5 Å². The van der Waals surface area contributed by atoms with Gasteiger partial charge in [0.15, 0.2) is 12.1 Å². The molecular formula is C20H15FN6O3. The fourth-order valence-electron chi connectivity index (χ4n) is 3.59. The smallest absolute Gasteiger partial charge is 0.263 e. The molecule has 1 saturated heterocycles. The third-order valence-electron chi connectivity index (χ3n) is 5.09. The second-order valence-corrected chi connectivity index (χ2v) is 7.01. The SMILES string of the molecule is Cc1ccccc1-c1noc(CN2N=N[C@H]3C(=O)N(c4ccc(F)cc4)C(=O)[C@H]32)n1. The average Bonchev–Trinajstić information content (AvgIpc) is 3.42. The highest BCUT2D eigenvalue weighted by atomic mass is 19.1. The van der Waals surface area contributed by atoms with E-state index in [2.05, 4.69) is 20.5 Å². The number of carbonyl (C=O) groups is 2. The van der Waals surface area contributed by atoms with Crippen LogP contribution in [0.3, 0.4) is 0 Å². The predicted octanol–water partition coefficient (Wildman–Crippen LogP) is 2.68. The Morgan fingerprint density at radius 1 is 1.07 bits per heavy atom. The standard InChI is InChI=1S/C20H15FN6O3/c1-11-4-2-3-5-14(11)18-22-15(30-24-18)10-26-17-16(23-25-26)19(28)27(20(17)29)13-8-6-12(21)7-9-13/h2-9,16-17H,10H2,1H3/t16-,17+/m1/s1. The van der Waals surface area contributed by atoms with Crippen molar-refractivity contribution >= 4 is 17.5 Å². The molecule has 3 aromatic rings. The summed E-state index contributed by atoms with van der Waals surface area (Å²) in [6, 6.07) is 10.9. The molecule has 1 aromatic heterocycles. The number of benzene rings is 2. The van der Waals surface area contributed by atoms with Gasteiger partial charge in [-0.05, 0) is 36.8 Å². The molecule has 2 amide bonds. The minimum absolute atomic E-state index is 0.0276. The quantitative estimate of drug-likeness (QED) is 0.617. The minimum atomic E-state index is -0.957. The summed E-state index contributed by atoms with van der Waals surface area (Å²) >= 11 is 0. The number of aryl methyl sites for hydroxylation is 1. The van der Waals surface area contributed by atoms with Crippen molar-refractivity contribution in [1.82, 2.24) is 15.1 Å². The van der Waals surface area contributed by atoms with E-state index in [-0.39, 0.29) is 18.1 Å². The Hall–Kier alpha value is -3.95. The topological polar surface area (TPSA) is 104 Å². The lowest BCUT2D eigenvalue weighted by atomic mass is 10.1. The normalized spacial score (nSPS) is 20.3. The van der Waals surface area contributed by atoms with Gasteiger partial charge in [0.1, 0.15) is 12.4 Å². The molecule has 0 saturated carbocycles. The van der Waals surface area contributed by atoms with Crippen LogP contribution < -0.4 is 4.90 Å². The average molecular weight is 406 g/mol. The van der Waals surface area contributed by atoms with Gasteiger partial charge in [-0.2, -0.15) is 10.1 Å². The van der Waals surface area contributed by atoms with Crippen molar-refractivity contribution in [2.45, 2.75) is 25.6 Å². The maximum Gasteiger partial charge on any atom is 0.263 e. The molecule has 0 aliphatic carbocycles. The number of nitrogens with zero attached hydrogens (tertiary/aromatic N) is 6. The second-order valence-electron chi connectivity index (χ2n) is 7.01. The molecule has 0 N–H and O–H groups in total. The van der Waals surface area contributed by atoms with Crippen LogP contribution in [0.4, 0.5) is 10.1 Å². The maximum absolute atomic E-state index is 13.2. The summed E-state index contributed by atoms with van der Waals surface area (Å²) in [5.74, 6) is -0.777. The molecular weight excluding hydrogens is 391 g/mol. The van der Waals surface area contributed by atoms with Crippen molar-refractivity contribution in [2.24, 2.45) is 10.3 Å². The van der Waals surface area contributed by atoms with Gasteiger partial charge in [-0.1, -0.05) is 34.6 Å². The first kappa shape index (κ1) is 18.1. The van der Waals surface area contributed by atoms with Crippen molar-refractivity contribution in [3.8, 4) is 11.4 Å². The van der Waals surface area contributed by atoms with Crippen molar-refractivity contribution in [2.75, 3.05) is 4.90 Å². The van der Waals surface area contributed by atoms with E-state index >= 15 is 0 Å². The number of carbonyl (C=O) groups excluding carboxylic acids is 2. The Balaban J connectivity index is 1.37. The van der Waals surface area contributed by atoms with Crippen molar-refractivity contribution < 1.29 is 18.5 Å². The molecule has 0 unspecified atom stereocenters. The van der Waals surface area contributed by atoms with Gasteiger partial charge in [0.05, 0.1) is 5.69 Å². The van der Waals surface area contributed by atoms with Crippen LogP contribution in [-0.2, 0) is 16.1 Å². The third kappa shape index (κ3) is 2.84. The lowest BCUT2D eigenvalue weighted by Crippen LogP contribution is -2.39. The van der Waals surface area contributed by atoms with E-state index in [1.807, 2.05) is 31.2 Å². The first-order valence-corrected chi connectivity index (χ1v) is 9.22. The number of rotatable bonds is 4. The van der Waals surface area contributed by atoms with Crippen LogP contribution in [0.2, 0.25) is 0 Å². The van der Waals surface area contributed by atoms with Gasteiger partial charge in [-0.15, -0.1) is 0 Å². The Kier molecular flexibility index (Phi) is 4.12. The molecule has 2 aliphatic heterocycles. The van der Waals surface area contributed by atoms with E-state index in [0.29, 0.717) is 5.82 Å². The molecule has 0 radical (unpaired) electrons. The Labute approximate surface area is 169 Å². The molecule has 30 heavy (non-hydrogen) atoms. The monoisotopic (exact) mass is 406 g/mol. The Morgan fingerprint density at radius 3 is 2.60 bits per heavy atom. The van der Waals surface area contributed by atoms with Gasteiger partial charge in [-0.25, -0.2) is 9.29 Å². The van der Waals surface area contributed by atoms with E-state index in [4.69, 9.17) is 4.52 Å². The van der Waals surface area contributed by atoms with Gasteiger partial charge >= 0.3 is 0 Å². The molecule has 150 valence electrons. The molecule has 0 spiro atoms. The molecule has 5 rings (SSSR count). The van der Waals surface area contributed by atoms with Gasteiger partial charge in [-0.3, -0.25) is 14.6 Å². The van der Waals surface area contributed by atoms with Crippen molar-refractivity contribution in [3.05, 3.63) is 65.8 Å². The summed E-state index contributed by atoms with van der Waals surface area (Å²) in [7, 11) is 0. The van der Waals surface area contributed by atoms with E-state index in [9.17, 15) is 14.0 Å². The number of hydrogen-bond acceptors (Lipinski definition) is 8. The summed E-state index contributed by atoms with van der Waals surface area (Å²) in [6.07, 6.45) is 0. The van der Waals surface area contributed by atoms with Crippen LogP contribution in [0, 0.1) is 12.7 Å². The number of fused-ring (bicyclic) bond motifs is 1. The predicted molar refractivity (Wildman–Crippen MR) is 101 cm³/mol. The number of hydrogen-bond donors (Lipinski definition) is 0. The van der Waals surface area contributed by atoms with E-state index < -0.39 is 29.7 Å². The zero-order valence-electron chi connectivity index (χ0n) is 15.8. The highest BCUT2D eigenvalue weighted by Crippen LogP contribution is 2.33. The molecule has 0 bridgehead atoms.